The largest absolute Gasteiger partial charge is 0.0796 e. The van der Waals surface area contributed by atoms with Gasteiger partial charge in [0.15, 0.2) is 0 Å². The van der Waals surface area contributed by atoms with Crippen molar-refractivity contribution in [2.45, 2.75) is 52.4 Å². The van der Waals surface area contributed by atoms with Gasteiger partial charge in [-0.15, -0.1) is 0 Å². The van der Waals surface area contributed by atoms with Gasteiger partial charge in [-0.2, -0.15) is 0 Å². The maximum atomic E-state index is 2.56. The van der Waals surface area contributed by atoms with Gasteiger partial charge in [0.05, 0.1) is 0 Å². The number of hydrogen-bond donors (Lipinski definition) is 0. The summed E-state index contributed by atoms with van der Waals surface area (Å²) in [7, 11) is 0. The molecule has 0 saturated carbocycles. The van der Waals surface area contributed by atoms with Crippen molar-refractivity contribution in [3.8, 4) is 0 Å². The Hall–Kier alpha value is -2.86. The highest BCUT2D eigenvalue weighted by molar-refractivity contribution is 6.00. The summed E-state index contributed by atoms with van der Waals surface area (Å²) in [5, 5.41) is 0. The molecule has 4 atom stereocenters. The summed E-state index contributed by atoms with van der Waals surface area (Å²) < 4.78 is 0. The summed E-state index contributed by atoms with van der Waals surface area (Å²) in [6.07, 6.45) is 27.7. The Kier molecular flexibility index (Phi) is 3.67. The Labute approximate surface area is 198 Å². The summed E-state index contributed by atoms with van der Waals surface area (Å²) in [4.78, 5) is 0. The van der Waals surface area contributed by atoms with E-state index in [-0.39, 0.29) is 16.2 Å². The zero-order valence-corrected chi connectivity index (χ0v) is 20.2. The molecular formula is C33H32. The minimum Gasteiger partial charge on any atom is -0.0796 e. The van der Waals surface area contributed by atoms with Crippen LogP contribution in [0, 0.1) is 16.7 Å². The molecule has 164 valence electrons. The average molecular weight is 429 g/mol. The molecule has 6 aliphatic rings. The molecule has 33 heavy (non-hydrogen) atoms. The van der Waals surface area contributed by atoms with Crippen molar-refractivity contribution >= 4 is 11.6 Å². The van der Waals surface area contributed by atoms with E-state index in [0.29, 0.717) is 5.92 Å². The van der Waals surface area contributed by atoms with Crippen LogP contribution >= 0.6 is 0 Å². The van der Waals surface area contributed by atoms with Crippen LogP contribution in [0.25, 0.3) is 11.6 Å². The van der Waals surface area contributed by atoms with E-state index in [9.17, 15) is 0 Å². The minimum atomic E-state index is -0.0554. The smallest absolute Gasteiger partial charge is 0.0315 e. The first kappa shape index (κ1) is 19.6. The van der Waals surface area contributed by atoms with Gasteiger partial charge in [0, 0.05) is 16.2 Å². The molecule has 0 saturated heterocycles. The molecule has 0 heteroatoms. The summed E-state index contributed by atoms with van der Waals surface area (Å²) in [5.74, 6) is 0.532. The molecule has 0 N–H and O–H groups in total. The first-order valence-electron chi connectivity index (χ1n) is 12.8. The molecule has 0 fully saturated rings. The first-order chi connectivity index (χ1) is 16.0. The SMILES string of the molecule is CCCC[C@@H]1C=Cc2cccc3c2[C@@]1(C)C1=C3C2=CC=CC3=CC=C4C=CC=C1[C@@]4(C)[C@@]32C. The lowest BCUT2D eigenvalue weighted by Crippen LogP contribution is -2.50. The third kappa shape index (κ3) is 1.98. The van der Waals surface area contributed by atoms with Crippen LogP contribution in [-0.2, 0) is 5.41 Å². The van der Waals surface area contributed by atoms with E-state index in [2.05, 4.69) is 107 Å². The van der Waals surface area contributed by atoms with Crippen molar-refractivity contribution < 1.29 is 0 Å². The van der Waals surface area contributed by atoms with E-state index in [1.165, 1.54) is 52.7 Å². The molecule has 0 amide bonds. The Bertz CT molecular complexity index is 1380. The van der Waals surface area contributed by atoms with Crippen LogP contribution in [0.3, 0.4) is 0 Å². The lowest BCUT2D eigenvalue weighted by Gasteiger charge is -2.59. The van der Waals surface area contributed by atoms with Crippen molar-refractivity contribution in [3.05, 3.63) is 117 Å². The van der Waals surface area contributed by atoms with Crippen molar-refractivity contribution in [1.29, 1.82) is 0 Å². The zero-order chi connectivity index (χ0) is 22.6. The van der Waals surface area contributed by atoms with Gasteiger partial charge in [0.25, 0.3) is 0 Å². The fourth-order valence-corrected chi connectivity index (χ4v) is 8.18. The summed E-state index contributed by atoms with van der Waals surface area (Å²) in [6, 6.07) is 7.01. The fraction of sp³-hybridized carbons (Fsp3) is 0.333. The third-order valence-corrected chi connectivity index (χ3v) is 10.1. The molecule has 0 bridgehead atoms. The maximum Gasteiger partial charge on any atom is 0.0315 e. The average Bonchev–Trinajstić information content (AvgIpc) is 3.08. The normalized spacial score (nSPS) is 35.9. The molecule has 0 aromatic heterocycles. The van der Waals surface area contributed by atoms with Crippen LogP contribution in [0.2, 0.25) is 0 Å². The molecule has 0 nitrogen and oxygen atoms in total. The van der Waals surface area contributed by atoms with Crippen molar-refractivity contribution in [2.75, 3.05) is 0 Å². The second-order valence-corrected chi connectivity index (χ2v) is 11.2. The number of unbranched alkanes of at least 4 members (excludes halogenated alkanes) is 1. The van der Waals surface area contributed by atoms with Crippen molar-refractivity contribution in [3.63, 3.8) is 0 Å². The summed E-state index contributed by atoms with van der Waals surface area (Å²) in [5.41, 5.74) is 13.5. The number of benzene rings is 1. The number of rotatable bonds is 3. The van der Waals surface area contributed by atoms with Gasteiger partial charge in [-0.3, -0.25) is 0 Å². The highest BCUT2D eigenvalue weighted by atomic mass is 14.7. The van der Waals surface area contributed by atoms with Crippen LogP contribution in [-0.4, -0.2) is 0 Å². The van der Waals surface area contributed by atoms with Gasteiger partial charge in [-0.1, -0.05) is 119 Å². The van der Waals surface area contributed by atoms with Gasteiger partial charge < -0.3 is 0 Å². The quantitative estimate of drug-likeness (QED) is 0.453. The molecule has 7 rings (SSSR count). The Morgan fingerprint density at radius 2 is 1.52 bits per heavy atom. The number of allylic oxidation sites excluding steroid dienone is 15. The number of hydrogen-bond acceptors (Lipinski definition) is 0. The minimum absolute atomic E-state index is 0.0149. The standard InChI is InChI=1S/C33H32/c1-5-6-11-22-18-17-21-10-7-14-25-28-26-15-8-12-23-19-20-24-13-9-16-27(33(24,4)32(23,26)3)30(28)31(22,2)29(21)25/h7-10,12-20,22H,5-6,11H2,1-4H3/t22-,31+,32+,33+/m1/s1. The lowest BCUT2D eigenvalue weighted by atomic mass is 9.43. The summed E-state index contributed by atoms with van der Waals surface area (Å²) >= 11 is 0. The second-order valence-electron chi connectivity index (χ2n) is 11.2. The van der Waals surface area contributed by atoms with Gasteiger partial charge in [0.1, 0.15) is 0 Å². The molecule has 0 spiro atoms. The number of fused-ring (bicyclic) bond motifs is 4. The maximum absolute atomic E-state index is 2.56. The molecular weight excluding hydrogens is 396 g/mol. The molecule has 1 aromatic carbocycles. The van der Waals surface area contributed by atoms with Gasteiger partial charge in [-0.25, -0.2) is 0 Å². The highest BCUT2D eigenvalue weighted by Crippen LogP contribution is 2.74. The lowest BCUT2D eigenvalue weighted by molar-refractivity contribution is 0.239. The first-order valence-corrected chi connectivity index (χ1v) is 12.8. The monoisotopic (exact) mass is 428 g/mol. The fourth-order valence-electron chi connectivity index (χ4n) is 8.18. The van der Waals surface area contributed by atoms with E-state index in [0.717, 1.165) is 0 Å². The van der Waals surface area contributed by atoms with Crippen LogP contribution in [0.5, 0.6) is 0 Å². The Balaban J connectivity index is 1.62. The van der Waals surface area contributed by atoms with E-state index >= 15 is 0 Å². The molecule has 6 aliphatic carbocycles. The van der Waals surface area contributed by atoms with Crippen LogP contribution in [0.1, 0.15) is 63.6 Å². The van der Waals surface area contributed by atoms with E-state index < -0.39 is 0 Å². The molecule has 0 aliphatic heterocycles. The predicted octanol–water partition coefficient (Wildman–Crippen LogP) is 8.43. The topological polar surface area (TPSA) is 0 Å². The van der Waals surface area contributed by atoms with Crippen LogP contribution in [0.4, 0.5) is 0 Å². The Morgan fingerprint density at radius 3 is 2.24 bits per heavy atom. The van der Waals surface area contributed by atoms with Crippen molar-refractivity contribution in [2.24, 2.45) is 16.7 Å². The molecule has 0 heterocycles. The van der Waals surface area contributed by atoms with E-state index in [4.69, 9.17) is 0 Å². The third-order valence-electron chi connectivity index (χ3n) is 10.1. The second kappa shape index (κ2) is 6.17. The summed E-state index contributed by atoms with van der Waals surface area (Å²) in [6.45, 7) is 9.91. The molecule has 1 aromatic rings. The van der Waals surface area contributed by atoms with Gasteiger partial charge in [-0.05, 0) is 62.5 Å². The van der Waals surface area contributed by atoms with Crippen molar-refractivity contribution in [1.82, 2.24) is 0 Å². The molecule has 0 radical (unpaired) electrons. The predicted molar refractivity (Wildman–Crippen MR) is 140 cm³/mol. The van der Waals surface area contributed by atoms with Gasteiger partial charge >= 0.3 is 0 Å². The highest BCUT2D eigenvalue weighted by Gasteiger charge is 2.64. The Morgan fingerprint density at radius 1 is 0.818 bits per heavy atom. The van der Waals surface area contributed by atoms with Gasteiger partial charge in [0.2, 0.25) is 0 Å². The zero-order valence-electron chi connectivity index (χ0n) is 20.2. The van der Waals surface area contributed by atoms with Crippen LogP contribution < -0.4 is 0 Å². The van der Waals surface area contributed by atoms with E-state index in [1.807, 2.05) is 0 Å². The molecule has 0 unspecified atom stereocenters. The van der Waals surface area contributed by atoms with Crippen LogP contribution in [0.15, 0.2) is 101 Å². The van der Waals surface area contributed by atoms with E-state index in [1.54, 1.807) is 16.7 Å².